The summed E-state index contributed by atoms with van der Waals surface area (Å²) in [5, 5.41) is 8.98. The van der Waals surface area contributed by atoms with E-state index in [1.807, 2.05) is 0 Å². The van der Waals surface area contributed by atoms with Crippen LogP contribution < -0.4 is 0 Å². The summed E-state index contributed by atoms with van der Waals surface area (Å²) in [7, 11) is 0. The van der Waals surface area contributed by atoms with Gasteiger partial charge in [0.05, 0.1) is 0 Å². The molecular weight excluding hydrogens is 307 g/mol. The Morgan fingerprint density at radius 1 is 1.45 bits per heavy atom. The molecule has 1 aromatic heterocycles. The minimum absolute atomic E-state index is 0.118. The van der Waals surface area contributed by atoms with Crippen LogP contribution in [0.1, 0.15) is 10.5 Å². The van der Waals surface area contributed by atoms with Crippen molar-refractivity contribution < 1.29 is 13.6 Å². The Hall–Kier alpha value is -2.66. The highest BCUT2D eigenvalue weighted by Crippen LogP contribution is 2.23. The maximum atomic E-state index is 12.9. The third-order valence-corrected chi connectivity index (χ3v) is 3.94. The molecule has 110 valence electrons. The van der Waals surface area contributed by atoms with Gasteiger partial charge >= 0.3 is 0 Å². The maximum Gasteiger partial charge on any atom is 0.281 e. The summed E-state index contributed by atoms with van der Waals surface area (Å²) in [4.78, 5) is 21.5. The molecule has 22 heavy (non-hydrogen) atoms. The Morgan fingerprint density at radius 3 is 2.95 bits per heavy atom. The monoisotopic (exact) mass is 316 g/mol. The lowest BCUT2D eigenvalue weighted by Gasteiger charge is -2.12. The van der Waals surface area contributed by atoms with E-state index >= 15 is 0 Å². The number of nitriles is 1. The number of amidine groups is 1. The first-order valence-corrected chi connectivity index (χ1v) is 7.30. The molecule has 2 aromatic rings. The molecule has 1 aliphatic rings. The highest BCUT2D eigenvalue weighted by molar-refractivity contribution is 8.14. The summed E-state index contributed by atoms with van der Waals surface area (Å²) in [5.74, 6) is 0.165. The van der Waals surface area contributed by atoms with Crippen molar-refractivity contribution >= 4 is 22.8 Å². The number of hydrogen-bond acceptors (Lipinski definition) is 6. The van der Waals surface area contributed by atoms with Gasteiger partial charge in [-0.25, -0.2) is 9.37 Å². The Balaban J connectivity index is 1.84. The van der Waals surface area contributed by atoms with Crippen molar-refractivity contribution in [2.24, 2.45) is 4.99 Å². The van der Waals surface area contributed by atoms with Crippen molar-refractivity contribution in [1.29, 1.82) is 5.26 Å². The first-order valence-electron chi connectivity index (χ1n) is 6.32. The summed E-state index contributed by atoms with van der Waals surface area (Å²) in [6.07, 6.45) is 2.92. The second kappa shape index (κ2) is 5.99. The average molecular weight is 316 g/mol. The smallest absolute Gasteiger partial charge is 0.281 e. The van der Waals surface area contributed by atoms with Gasteiger partial charge in [0.25, 0.3) is 5.91 Å². The minimum Gasteiger partial charge on any atom is -0.444 e. The number of carbonyl (C=O) groups excluding carboxylic acids is 1. The Bertz CT molecular complexity index is 779. The lowest BCUT2D eigenvalue weighted by atomic mass is 10.2. The quantitative estimate of drug-likeness (QED) is 0.795. The topological polar surface area (TPSA) is 82.5 Å². The van der Waals surface area contributed by atoms with Crippen LogP contribution in [0.5, 0.6) is 0 Å². The molecule has 0 aliphatic carbocycles. The van der Waals surface area contributed by atoms with Crippen LogP contribution in [0.15, 0.2) is 39.9 Å². The first-order chi connectivity index (χ1) is 10.7. The number of nitrogens with zero attached hydrogens (tertiary/aromatic N) is 4. The molecule has 0 spiro atoms. The summed E-state index contributed by atoms with van der Waals surface area (Å²) >= 11 is 1.34. The number of amides is 1. The van der Waals surface area contributed by atoms with Crippen LogP contribution in [0.25, 0.3) is 11.5 Å². The Labute approximate surface area is 129 Å². The molecule has 1 saturated heterocycles. The van der Waals surface area contributed by atoms with Gasteiger partial charge in [0.15, 0.2) is 10.9 Å². The van der Waals surface area contributed by atoms with E-state index in [0.29, 0.717) is 23.0 Å². The van der Waals surface area contributed by atoms with Crippen molar-refractivity contribution in [3.05, 3.63) is 42.0 Å². The average Bonchev–Trinajstić information content (AvgIpc) is 3.17. The molecule has 3 rings (SSSR count). The summed E-state index contributed by atoms with van der Waals surface area (Å²) in [6.45, 7) is 0.461. The molecule has 1 amide bonds. The van der Waals surface area contributed by atoms with E-state index in [4.69, 9.17) is 9.68 Å². The van der Waals surface area contributed by atoms with E-state index in [9.17, 15) is 9.18 Å². The lowest BCUT2D eigenvalue weighted by molar-refractivity contribution is 0.0854. The third-order valence-electron chi connectivity index (χ3n) is 2.98. The van der Waals surface area contributed by atoms with Crippen LogP contribution in [-0.4, -0.2) is 33.3 Å². The van der Waals surface area contributed by atoms with Crippen LogP contribution in [0.4, 0.5) is 4.39 Å². The van der Waals surface area contributed by atoms with Crippen molar-refractivity contribution in [3.8, 4) is 17.6 Å². The van der Waals surface area contributed by atoms with E-state index < -0.39 is 0 Å². The van der Waals surface area contributed by atoms with E-state index in [2.05, 4.69) is 9.98 Å². The Morgan fingerprint density at radius 2 is 2.23 bits per heavy atom. The van der Waals surface area contributed by atoms with E-state index in [0.717, 1.165) is 0 Å². The van der Waals surface area contributed by atoms with Crippen molar-refractivity contribution in [1.82, 2.24) is 9.88 Å². The summed E-state index contributed by atoms with van der Waals surface area (Å²) in [5.41, 5.74) is 0.689. The molecular formula is C14H9FN4O2S. The van der Waals surface area contributed by atoms with Crippen LogP contribution >= 0.6 is 11.8 Å². The van der Waals surface area contributed by atoms with Crippen molar-refractivity contribution in [2.75, 3.05) is 12.3 Å². The number of aliphatic imine (C=N–C) groups is 1. The Kier molecular flexibility index (Phi) is 3.89. The van der Waals surface area contributed by atoms with Crippen LogP contribution in [0.2, 0.25) is 0 Å². The zero-order valence-electron chi connectivity index (χ0n) is 11.2. The fourth-order valence-electron chi connectivity index (χ4n) is 1.96. The van der Waals surface area contributed by atoms with Gasteiger partial charge in [0, 0.05) is 17.9 Å². The molecule has 1 aromatic carbocycles. The maximum absolute atomic E-state index is 12.9. The normalized spacial score (nSPS) is 16.0. The zero-order valence-corrected chi connectivity index (χ0v) is 12.0. The SMILES string of the molecule is N#CN=C1SCCN1C(=O)c1coc(-c2ccc(F)cc2)n1. The second-order valence-corrected chi connectivity index (χ2v) is 5.41. The molecule has 0 saturated carbocycles. The molecule has 0 N–H and O–H groups in total. The van der Waals surface area contributed by atoms with Gasteiger partial charge in [-0.15, -0.1) is 4.99 Å². The van der Waals surface area contributed by atoms with Crippen LogP contribution in [0, 0.1) is 17.3 Å². The molecule has 0 unspecified atom stereocenters. The zero-order chi connectivity index (χ0) is 15.5. The van der Waals surface area contributed by atoms with E-state index in [1.165, 1.54) is 47.2 Å². The number of halogens is 1. The highest BCUT2D eigenvalue weighted by Gasteiger charge is 2.29. The van der Waals surface area contributed by atoms with E-state index in [1.54, 1.807) is 6.19 Å². The highest BCUT2D eigenvalue weighted by atomic mass is 32.2. The minimum atomic E-state index is -0.379. The molecule has 0 radical (unpaired) electrons. The van der Waals surface area contributed by atoms with Gasteiger partial charge in [-0.2, -0.15) is 5.26 Å². The largest absolute Gasteiger partial charge is 0.444 e. The van der Waals surface area contributed by atoms with Crippen molar-refractivity contribution in [3.63, 3.8) is 0 Å². The van der Waals surface area contributed by atoms with Gasteiger partial charge in [-0.3, -0.25) is 9.69 Å². The van der Waals surface area contributed by atoms with Gasteiger partial charge in [0.2, 0.25) is 12.1 Å². The predicted octanol–water partition coefficient (Wildman–Crippen LogP) is 2.51. The fourth-order valence-corrected chi connectivity index (χ4v) is 2.85. The second-order valence-electron chi connectivity index (χ2n) is 4.34. The molecule has 1 fully saturated rings. The molecule has 1 aliphatic heterocycles. The number of carbonyl (C=O) groups is 1. The number of thioether (sulfide) groups is 1. The number of hydrogen-bond donors (Lipinski definition) is 0. The van der Waals surface area contributed by atoms with E-state index in [-0.39, 0.29) is 23.3 Å². The predicted molar refractivity (Wildman–Crippen MR) is 78.4 cm³/mol. The molecule has 0 atom stereocenters. The number of aromatic nitrogens is 1. The lowest BCUT2D eigenvalue weighted by Crippen LogP contribution is -2.31. The number of benzene rings is 1. The van der Waals surface area contributed by atoms with Crippen LogP contribution in [-0.2, 0) is 0 Å². The molecule has 8 heteroatoms. The molecule has 0 bridgehead atoms. The number of rotatable bonds is 2. The van der Waals surface area contributed by atoms with Gasteiger partial charge in [-0.05, 0) is 24.3 Å². The fraction of sp³-hybridized carbons (Fsp3) is 0.143. The van der Waals surface area contributed by atoms with Gasteiger partial charge in [0.1, 0.15) is 12.1 Å². The standard InChI is InChI=1S/C14H9FN4O2S/c15-10-3-1-9(2-4-10)12-18-11(7-21-12)13(20)19-5-6-22-14(19)17-8-16/h1-4,7H,5-6H2. The summed E-state index contributed by atoms with van der Waals surface area (Å²) in [6, 6.07) is 5.61. The first kappa shape index (κ1) is 14.3. The van der Waals surface area contributed by atoms with Crippen molar-refractivity contribution in [2.45, 2.75) is 0 Å². The molecule has 2 heterocycles. The molecule has 6 nitrogen and oxygen atoms in total. The van der Waals surface area contributed by atoms with Crippen LogP contribution in [0.3, 0.4) is 0 Å². The number of oxazole rings is 1. The summed E-state index contributed by atoms with van der Waals surface area (Å²) < 4.78 is 18.2. The van der Waals surface area contributed by atoms with Gasteiger partial charge in [-0.1, -0.05) is 11.8 Å². The third kappa shape index (κ3) is 2.71. The van der Waals surface area contributed by atoms with Gasteiger partial charge < -0.3 is 4.42 Å².